The van der Waals surface area contributed by atoms with Crippen molar-refractivity contribution < 1.29 is 0 Å². The van der Waals surface area contributed by atoms with Crippen LogP contribution in [0.5, 0.6) is 0 Å². The molecule has 0 heterocycles. The van der Waals surface area contributed by atoms with Gasteiger partial charge in [-0.15, -0.1) is 11.6 Å². The van der Waals surface area contributed by atoms with Crippen molar-refractivity contribution in [2.45, 2.75) is 39.5 Å². The van der Waals surface area contributed by atoms with Gasteiger partial charge in [-0.3, -0.25) is 0 Å². The molecule has 1 aliphatic carbocycles. The van der Waals surface area contributed by atoms with Gasteiger partial charge in [-0.05, 0) is 39.5 Å². The van der Waals surface area contributed by atoms with Gasteiger partial charge in [0.05, 0.1) is 0 Å². The van der Waals surface area contributed by atoms with Crippen LogP contribution >= 0.6 is 11.6 Å². The van der Waals surface area contributed by atoms with Crippen LogP contribution in [0.1, 0.15) is 33.3 Å². The minimum Gasteiger partial charge on any atom is -0.122 e. The second-order valence-corrected chi connectivity index (χ2v) is 7.84. The summed E-state index contributed by atoms with van der Waals surface area (Å²) >= 11 is 6.78. The van der Waals surface area contributed by atoms with Crippen LogP contribution < -0.4 is 0 Å². The van der Waals surface area contributed by atoms with Gasteiger partial charge >= 0.3 is 0 Å². The average molecular weight is 287 g/mol. The Labute approximate surface area is 127 Å². The van der Waals surface area contributed by atoms with Crippen molar-refractivity contribution in [1.82, 2.24) is 0 Å². The Hall–Kier alpha value is -1.01. The minimum atomic E-state index is 0.214. The van der Waals surface area contributed by atoms with Gasteiger partial charge in [0.1, 0.15) is 0 Å². The summed E-state index contributed by atoms with van der Waals surface area (Å²) in [7, 11) is 0. The van der Waals surface area contributed by atoms with Crippen molar-refractivity contribution in [3.8, 4) is 0 Å². The lowest BCUT2D eigenvalue weighted by atomic mass is 9.97. The van der Waals surface area contributed by atoms with E-state index >= 15 is 0 Å². The maximum Gasteiger partial charge on any atom is 0.0415 e. The van der Waals surface area contributed by atoms with Crippen molar-refractivity contribution in [3.63, 3.8) is 0 Å². The summed E-state index contributed by atoms with van der Waals surface area (Å²) < 4.78 is 0. The van der Waals surface area contributed by atoms with Gasteiger partial charge in [0.15, 0.2) is 0 Å². The zero-order chi connectivity index (χ0) is 14.5. The summed E-state index contributed by atoms with van der Waals surface area (Å²) in [5.74, 6) is 0.593. The number of halogens is 1. The molecule has 3 rings (SSSR count). The van der Waals surface area contributed by atoms with E-state index in [0.717, 1.165) is 6.42 Å². The Morgan fingerprint density at radius 2 is 1.55 bits per heavy atom. The highest BCUT2D eigenvalue weighted by molar-refractivity contribution is 6.21. The van der Waals surface area contributed by atoms with Gasteiger partial charge in [0.25, 0.3) is 0 Å². The first-order valence-corrected chi connectivity index (χ1v) is 7.90. The molecule has 1 unspecified atom stereocenters. The number of rotatable bonds is 3. The highest BCUT2D eigenvalue weighted by Gasteiger charge is 2.66. The number of alkyl halides is 1. The van der Waals surface area contributed by atoms with Crippen molar-refractivity contribution >= 4 is 22.4 Å². The van der Waals surface area contributed by atoms with E-state index in [9.17, 15) is 0 Å². The zero-order valence-corrected chi connectivity index (χ0v) is 13.5. The predicted molar refractivity (Wildman–Crippen MR) is 88.3 cm³/mol. The molecule has 0 bridgehead atoms. The van der Waals surface area contributed by atoms with Gasteiger partial charge < -0.3 is 0 Å². The molecular weight excluding hydrogens is 264 g/mol. The van der Waals surface area contributed by atoms with E-state index < -0.39 is 0 Å². The lowest BCUT2D eigenvalue weighted by Gasteiger charge is -2.13. The number of benzene rings is 2. The van der Waals surface area contributed by atoms with Crippen LogP contribution in [-0.4, -0.2) is 5.38 Å². The molecule has 1 saturated carbocycles. The van der Waals surface area contributed by atoms with Gasteiger partial charge in [-0.25, -0.2) is 0 Å². The molecule has 0 aliphatic heterocycles. The molecule has 1 fully saturated rings. The largest absolute Gasteiger partial charge is 0.122 e. The average Bonchev–Trinajstić information content (AvgIpc) is 2.80. The minimum absolute atomic E-state index is 0.214. The van der Waals surface area contributed by atoms with Crippen LogP contribution in [0, 0.1) is 16.7 Å². The third-order valence-electron chi connectivity index (χ3n) is 5.79. The lowest BCUT2D eigenvalue weighted by molar-refractivity contribution is 0.457. The summed E-state index contributed by atoms with van der Waals surface area (Å²) in [5, 5.41) is 2.87. The van der Waals surface area contributed by atoms with Gasteiger partial charge in [0.2, 0.25) is 0 Å². The van der Waals surface area contributed by atoms with E-state index in [1.54, 1.807) is 0 Å². The van der Waals surface area contributed by atoms with Gasteiger partial charge in [0, 0.05) is 5.38 Å². The molecule has 0 saturated heterocycles. The van der Waals surface area contributed by atoms with Crippen molar-refractivity contribution in [1.29, 1.82) is 0 Å². The monoisotopic (exact) mass is 286 g/mol. The SMILES string of the molecule is CC1(C)C(C(Cl)Cc2cccc3ccccc23)C1(C)C. The van der Waals surface area contributed by atoms with Gasteiger partial charge in [-0.2, -0.15) is 0 Å². The van der Waals surface area contributed by atoms with Crippen LogP contribution in [0.25, 0.3) is 10.8 Å². The molecule has 1 atom stereocenters. The summed E-state index contributed by atoms with van der Waals surface area (Å²) in [6, 6.07) is 15.1. The molecule has 1 heteroatoms. The van der Waals surface area contributed by atoms with Crippen LogP contribution in [0.3, 0.4) is 0 Å². The van der Waals surface area contributed by atoms with E-state index in [-0.39, 0.29) is 5.38 Å². The third kappa shape index (κ3) is 1.97. The predicted octanol–water partition coefficient (Wildman–Crippen LogP) is 5.67. The quantitative estimate of drug-likeness (QED) is 0.638. The fourth-order valence-corrected chi connectivity index (χ4v) is 4.75. The molecule has 0 N–H and O–H groups in total. The highest BCUT2D eigenvalue weighted by atomic mass is 35.5. The first-order chi connectivity index (χ1) is 9.35. The van der Waals surface area contributed by atoms with Gasteiger partial charge in [-0.1, -0.05) is 70.2 Å². The molecule has 0 spiro atoms. The molecule has 0 radical (unpaired) electrons. The van der Waals surface area contributed by atoms with E-state index in [1.165, 1.54) is 16.3 Å². The summed E-state index contributed by atoms with van der Waals surface area (Å²) in [5.41, 5.74) is 2.08. The van der Waals surface area contributed by atoms with Crippen LogP contribution in [-0.2, 0) is 6.42 Å². The Morgan fingerprint density at radius 3 is 2.20 bits per heavy atom. The molecule has 106 valence electrons. The second kappa shape index (κ2) is 4.49. The number of hydrogen-bond acceptors (Lipinski definition) is 0. The molecule has 0 nitrogen and oxygen atoms in total. The first-order valence-electron chi connectivity index (χ1n) is 7.46. The Balaban J connectivity index is 1.88. The smallest absolute Gasteiger partial charge is 0.0415 e. The number of hydrogen-bond donors (Lipinski definition) is 0. The second-order valence-electron chi connectivity index (χ2n) is 7.28. The molecule has 0 amide bonds. The third-order valence-corrected chi connectivity index (χ3v) is 6.20. The van der Waals surface area contributed by atoms with E-state index in [0.29, 0.717) is 16.7 Å². The maximum atomic E-state index is 6.78. The molecule has 2 aromatic rings. The fourth-order valence-electron chi connectivity index (χ4n) is 3.95. The Kier molecular flexibility index (Phi) is 3.14. The Morgan fingerprint density at radius 1 is 0.950 bits per heavy atom. The van der Waals surface area contributed by atoms with Crippen LogP contribution in [0.4, 0.5) is 0 Å². The van der Waals surface area contributed by atoms with E-state index in [1.807, 2.05) is 0 Å². The molecule has 0 aromatic heterocycles. The summed E-state index contributed by atoms with van der Waals surface area (Å²) in [4.78, 5) is 0. The molecule has 2 aromatic carbocycles. The van der Waals surface area contributed by atoms with Crippen molar-refractivity contribution in [2.75, 3.05) is 0 Å². The van der Waals surface area contributed by atoms with Crippen molar-refractivity contribution in [2.24, 2.45) is 16.7 Å². The van der Waals surface area contributed by atoms with Crippen molar-refractivity contribution in [3.05, 3.63) is 48.0 Å². The van der Waals surface area contributed by atoms with Crippen LogP contribution in [0.15, 0.2) is 42.5 Å². The fraction of sp³-hybridized carbons (Fsp3) is 0.474. The highest BCUT2D eigenvalue weighted by Crippen LogP contribution is 2.70. The summed E-state index contributed by atoms with van der Waals surface area (Å²) in [6.45, 7) is 9.37. The topological polar surface area (TPSA) is 0 Å². The standard InChI is InChI=1S/C19H23Cl/c1-18(2)17(19(18,3)4)16(20)12-14-10-7-9-13-8-5-6-11-15(13)14/h5-11,16-17H,12H2,1-4H3. The Bertz CT molecular complexity index is 620. The zero-order valence-electron chi connectivity index (χ0n) is 12.8. The molecular formula is C19H23Cl. The normalized spacial score (nSPS) is 21.9. The van der Waals surface area contributed by atoms with E-state index in [4.69, 9.17) is 11.6 Å². The molecule has 20 heavy (non-hydrogen) atoms. The maximum absolute atomic E-state index is 6.78. The summed E-state index contributed by atoms with van der Waals surface area (Å²) in [6.07, 6.45) is 0.959. The lowest BCUT2D eigenvalue weighted by Crippen LogP contribution is -2.11. The van der Waals surface area contributed by atoms with Crippen LogP contribution in [0.2, 0.25) is 0 Å². The van der Waals surface area contributed by atoms with E-state index in [2.05, 4.69) is 70.2 Å². The number of fused-ring (bicyclic) bond motifs is 1. The molecule has 1 aliphatic rings. The first kappa shape index (κ1) is 13.9.